The minimum atomic E-state index is -4.76. The number of halogens is 6. The Morgan fingerprint density at radius 1 is 0.881 bits per heavy atom. The van der Waals surface area contributed by atoms with E-state index in [9.17, 15) is 32.7 Å². The van der Waals surface area contributed by atoms with Crippen molar-refractivity contribution in [1.82, 2.24) is 9.99 Å². The number of nitrogens with one attached hydrogen (secondary N) is 1. The molecule has 0 radical (unpaired) electrons. The van der Waals surface area contributed by atoms with Crippen molar-refractivity contribution in [1.29, 1.82) is 0 Å². The van der Waals surface area contributed by atoms with Crippen molar-refractivity contribution in [3.8, 4) is 5.75 Å². The molecule has 1 aromatic heterocycles. The van der Waals surface area contributed by atoms with Crippen LogP contribution in [0.3, 0.4) is 0 Å². The highest BCUT2D eigenvalue weighted by Crippen LogP contribution is 2.65. The lowest BCUT2D eigenvalue weighted by Crippen LogP contribution is -2.53. The number of amides is 4. The van der Waals surface area contributed by atoms with E-state index >= 15 is 4.79 Å². The normalized spacial score (nSPS) is 26.8. The number of carbonyl (C=O) groups excluding carboxylic acids is 4. The van der Waals surface area contributed by atoms with Gasteiger partial charge in [0.25, 0.3) is 11.8 Å². The van der Waals surface area contributed by atoms with Crippen molar-refractivity contribution in [2.45, 2.75) is 30.4 Å². The maximum atomic E-state index is 15.4. The van der Waals surface area contributed by atoms with Crippen LogP contribution in [0, 0.1) is 23.7 Å². The monoisotopic (exact) mass is 909 g/mol. The van der Waals surface area contributed by atoms with E-state index in [1.54, 1.807) is 48.5 Å². The van der Waals surface area contributed by atoms with E-state index in [-0.39, 0.29) is 35.9 Å². The van der Waals surface area contributed by atoms with Crippen LogP contribution < -0.4 is 15.2 Å². The van der Waals surface area contributed by atoms with Crippen LogP contribution in [0.2, 0.25) is 10.0 Å². The van der Waals surface area contributed by atoms with Crippen LogP contribution in [0.1, 0.15) is 35.4 Å². The Balaban J connectivity index is 1.17. The Labute approximate surface area is 353 Å². The van der Waals surface area contributed by atoms with Gasteiger partial charge in [-0.05, 0) is 85.0 Å². The molecule has 5 aliphatic rings. The third kappa shape index (κ3) is 6.30. The highest BCUT2D eigenvalue weighted by molar-refractivity contribution is 9.10. The summed E-state index contributed by atoms with van der Waals surface area (Å²) < 4.78 is 46.6. The zero-order valence-corrected chi connectivity index (χ0v) is 33.9. The quantitative estimate of drug-likeness (QED) is 0.146. The van der Waals surface area contributed by atoms with E-state index in [1.165, 1.54) is 11.0 Å². The molecule has 2 aliphatic carbocycles. The molecule has 3 aliphatic heterocycles. The molecule has 0 spiro atoms. The third-order valence-corrected chi connectivity index (χ3v) is 13.4. The molecule has 1 saturated carbocycles. The Morgan fingerprint density at radius 3 is 2.25 bits per heavy atom. The third-order valence-electron chi connectivity index (χ3n) is 12.3. The number of phenolic OH excluding ortho intramolecular Hbond substituents is 1. The number of imide groups is 2. The number of aromatic nitrogens is 1. The Bertz CT molecular complexity index is 2450. The van der Waals surface area contributed by atoms with Gasteiger partial charge in [0.05, 0.1) is 52.7 Å². The number of alkyl halides is 3. The molecule has 4 aromatic rings. The minimum absolute atomic E-state index is 0.0688. The summed E-state index contributed by atoms with van der Waals surface area (Å²) in [5.41, 5.74) is 2.24. The smallest absolute Gasteiger partial charge is 0.417 e. The minimum Gasteiger partial charge on any atom is -0.508 e. The number of hydrogen-bond donors (Lipinski definition) is 2. The fourth-order valence-electron chi connectivity index (χ4n) is 9.77. The summed E-state index contributed by atoms with van der Waals surface area (Å²) in [6.45, 7) is 2.59. The summed E-state index contributed by atoms with van der Waals surface area (Å²) in [5, 5.41) is 12.2. The van der Waals surface area contributed by atoms with Crippen molar-refractivity contribution >= 4 is 80.0 Å². The van der Waals surface area contributed by atoms with Gasteiger partial charge in [0.2, 0.25) is 11.8 Å². The average molecular weight is 912 g/mol. The fourth-order valence-corrected chi connectivity index (χ4v) is 10.5. The van der Waals surface area contributed by atoms with Crippen LogP contribution in [0.25, 0.3) is 0 Å². The Morgan fingerprint density at radius 2 is 1.58 bits per heavy atom. The van der Waals surface area contributed by atoms with Crippen LogP contribution in [-0.2, 0) is 35.5 Å². The van der Waals surface area contributed by atoms with Crippen LogP contribution in [0.15, 0.2) is 95.1 Å². The number of morpholine rings is 1. The molecular formula is C42H33BrCl2F3N5O6. The number of hydrazine groups is 1. The molecule has 11 nitrogen and oxygen atoms in total. The number of benzene rings is 3. The van der Waals surface area contributed by atoms with Crippen LogP contribution in [-0.4, -0.2) is 65.0 Å². The Hall–Kier alpha value is -4.96. The van der Waals surface area contributed by atoms with Crippen LogP contribution in [0.5, 0.6) is 5.75 Å². The zero-order valence-electron chi connectivity index (χ0n) is 30.8. The summed E-state index contributed by atoms with van der Waals surface area (Å²) in [4.78, 5) is 66.5. The van der Waals surface area contributed by atoms with E-state index in [1.807, 2.05) is 18.2 Å². The molecule has 3 aromatic carbocycles. The van der Waals surface area contributed by atoms with Crippen molar-refractivity contribution in [2.24, 2.45) is 23.7 Å². The lowest BCUT2D eigenvalue weighted by atomic mass is 9.49. The molecule has 9 rings (SSSR count). The summed E-state index contributed by atoms with van der Waals surface area (Å²) in [7, 11) is 0. The lowest BCUT2D eigenvalue weighted by Gasteiger charge is -2.50. The predicted molar refractivity (Wildman–Crippen MR) is 215 cm³/mol. The highest BCUT2D eigenvalue weighted by Gasteiger charge is 2.70. The number of nitrogens with zero attached hydrogens (tertiary/aromatic N) is 4. The largest absolute Gasteiger partial charge is 0.508 e. The van der Waals surface area contributed by atoms with Crippen molar-refractivity contribution in [3.63, 3.8) is 0 Å². The van der Waals surface area contributed by atoms with Gasteiger partial charge in [0, 0.05) is 46.0 Å². The van der Waals surface area contributed by atoms with E-state index in [0.717, 1.165) is 5.69 Å². The van der Waals surface area contributed by atoms with Gasteiger partial charge in [-0.1, -0.05) is 62.9 Å². The maximum absolute atomic E-state index is 15.4. The van der Waals surface area contributed by atoms with Crippen molar-refractivity contribution < 1.29 is 42.2 Å². The first-order chi connectivity index (χ1) is 28.2. The number of aromatic hydroxyl groups is 1. The zero-order chi connectivity index (χ0) is 41.5. The molecular weight excluding hydrogens is 878 g/mol. The van der Waals surface area contributed by atoms with Crippen molar-refractivity contribution in [2.75, 3.05) is 41.5 Å². The van der Waals surface area contributed by atoms with Crippen LogP contribution >= 0.6 is 39.1 Å². The second kappa shape index (κ2) is 14.6. The van der Waals surface area contributed by atoms with Gasteiger partial charge >= 0.3 is 6.18 Å². The molecule has 59 heavy (non-hydrogen) atoms. The number of rotatable bonds is 6. The molecule has 2 N–H and O–H groups in total. The van der Waals surface area contributed by atoms with E-state index in [4.69, 9.17) is 27.9 Å². The first-order valence-corrected chi connectivity index (χ1v) is 20.4. The van der Waals surface area contributed by atoms with E-state index in [0.29, 0.717) is 69.9 Å². The van der Waals surface area contributed by atoms with Gasteiger partial charge in [-0.2, -0.15) is 18.2 Å². The first kappa shape index (κ1) is 39.5. The highest BCUT2D eigenvalue weighted by atomic mass is 79.9. The summed E-state index contributed by atoms with van der Waals surface area (Å²) in [6.07, 6.45) is -2.30. The number of fused-ring (bicyclic) bond motifs is 4. The number of allylic oxidation sites excluding steroid dienone is 2. The van der Waals surface area contributed by atoms with Gasteiger partial charge in [-0.25, -0.2) is 4.98 Å². The molecule has 4 heterocycles. The van der Waals surface area contributed by atoms with Gasteiger partial charge in [-0.15, -0.1) is 0 Å². The molecule has 304 valence electrons. The molecule has 0 unspecified atom stereocenters. The second-order valence-electron chi connectivity index (χ2n) is 15.2. The number of phenols is 1. The topological polar surface area (TPSA) is 132 Å². The van der Waals surface area contributed by atoms with E-state index < -0.39 is 69.5 Å². The molecule has 4 fully saturated rings. The maximum Gasteiger partial charge on any atom is 0.417 e. The number of carbonyl (C=O) groups is 4. The first-order valence-electron chi connectivity index (χ1n) is 18.8. The number of ether oxygens (including phenoxy) is 1. The van der Waals surface area contributed by atoms with Crippen molar-refractivity contribution in [3.05, 3.63) is 122 Å². The standard InChI is InChI=1S/C42H33BrCl2F3N5O6/c43-23-3-12-33(54)30(18-23)35-27-10-11-28-34(39(57)52(37(28)55)26-8-6-25(7-9-26)51-13-15-59-16-14-51)29(27)19-31-38(56)53(40(58)41(31,35)21-1-4-24(44)5-2-21)50-36-32(45)17-22(20-49-36)42(46,47)48/h1-10,12,17-18,20,28-29,31,34-35,54H,11,13-16,19H2,(H,49,50)/t28-,29+,31-,34-,35+,41+/m0/s1. The molecule has 0 bridgehead atoms. The summed E-state index contributed by atoms with van der Waals surface area (Å²) in [6, 6.07) is 18.9. The number of hydrogen-bond acceptors (Lipinski definition) is 9. The number of anilines is 3. The van der Waals surface area contributed by atoms with Gasteiger partial charge in [0.1, 0.15) is 5.75 Å². The van der Waals surface area contributed by atoms with Gasteiger partial charge in [-0.3, -0.25) is 29.5 Å². The Kier molecular flexibility index (Phi) is 9.80. The average Bonchev–Trinajstić information content (AvgIpc) is 3.60. The molecule has 4 amide bonds. The molecule has 3 saturated heterocycles. The van der Waals surface area contributed by atoms with Gasteiger partial charge < -0.3 is 14.7 Å². The molecule has 6 atom stereocenters. The van der Waals surface area contributed by atoms with Crippen LogP contribution in [0.4, 0.5) is 30.4 Å². The second-order valence-corrected chi connectivity index (χ2v) is 17.0. The van der Waals surface area contributed by atoms with E-state index in [2.05, 4.69) is 31.2 Å². The number of pyridine rings is 1. The van der Waals surface area contributed by atoms with Gasteiger partial charge in [0.15, 0.2) is 5.82 Å². The summed E-state index contributed by atoms with van der Waals surface area (Å²) in [5.74, 6) is -7.72. The predicted octanol–water partition coefficient (Wildman–Crippen LogP) is 7.90. The SMILES string of the molecule is O=C1[C@@H]2C[C@@H]3C(=CC[C@@H]4C(=O)N(c5ccc(N6CCOCC6)cc5)C(=O)[C@@H]43)[C@H](c3cc(Br)ccc3O)[C@]2(c2ccc(Cl)cc2)C(=O)N1Nc1ncc(C(F)(F)F)cc1Cl. The lowest BCUT2D eigenvalue weighted by molar-refractivity contribution is -0.139. The molecule has 17 heteroatoms. The summed E-state index contributed by atoms with van der Waals surface area (Å²) >= 11 is 16.1. The fraction of sp³-hybridized carbons (Fsp3) is 0.310.